The summed E-state index contributed by atoms with van der Waals surface area (Å²) >= 11 is 0. The van der Waals surface area contributed by atoms with Crippen LogP contribution in [0.2, 0.25) is 0 Å². The van der Waals surface area contributed by atoms with Gasteiger partial charge in [0.2, 0.25) is 0 Å². The lowest BCUT2D eigenvalue weighted by molar-refractivity contribution is -0.132. The molecule has 0 aromatic heterocycles. The summed E-state index contributed by atoms with van der Waals surface area (Å²) in [6, 6.07) is 13.2. The maximum absolute atomic E-state index is 11.3. The average Bonchev–Trinajstić information content (AvgIpc) is 2.45. The molecule has 0 fully saturated rings. The van der Waals surface area contributed by atoms with Crippen molar-refractivity contribution in [2.24, 2.45) is 5.73 Å². The number of nitrogens with two attached hydrogens (primary N) is 1. The summed E-state index contributed by atoms with van der Waals surface area (Å²) in [4.78, 5) is 11.3. The zero-order chi connectivity index (χ0) is 13.2. The number of benzene rings is 2. The standard InChI is InChI=1S/C15H13NO3/c16-9-15(17)19-14-7-3-6-13-11(14)8-10-4-1-2-5-12(10)18-13/h1-7H,8-9,16H2. The Hall–Kier alpha value is -2.33. The Balaban J connectivity index is 1.99. The second kappa shape index (κ2) is 4.74. The molecule has 0 radical (unpaired) electrons. The van der Waals surface area contributed by atoms with Gasteiger partial charge < -0.3 is 15.2 Å². The summed E-state index contributed by atoms with van der Waals surface area (Å²) in [6.07, 6.45) is 0.680. The van der Waals surface area contributed by atoms with Crippen LogP contribution in [0.1, 0.15) is 11.1 Å². The van der Waals surface area contributed by atoms with Gasteiger partial charge in [0.25, 0.3) is 0 Å². The predicted molar refractivity (Wildman–Crippen MR) is 70.5 cm³/mol. The normalized spacial score (nSPS) is 12.1. The second-order valence-electron chi connectivity index (χ2n) is 4.30. The van der Waals surface area contributed by atoms with E-state index in [2.05, 4.69) is 0 Å². The molecule has 4 nitrogen and oxygen atoms in total. The van der Waals surface area contributed by atoms with E-state index < -0.39 is 5.97 Å². The van der Waals surface area contributed by atoms with Crippen LogP contribution in [0.4, 0.5) is 0 Å². The molecule has 0 aliphatic carbocycles. The highest BCUT2D eigenvalue weighted by atomic mass is 16.5. The SMILES string of the molecule is NCC(=O)Oc1cccc2c1Cc1ccccc1O2. The molecular formula is C15H13NO3. The lowest BCUT2D eigenvalue weighted by atomic mass is 9.99. The average molecular weight is 255 g/mol. The molecule has 1 heterocycles. The monoisotopic (exact) mass is 255 g/mol. The van der Waals surface area contributed by atoms with Crippen molar-refractivity contribution < 1.29 is 14.3 Å². The number of para-hydroxylation sites is 1. The summed E-state index contributed by atoms with van der Waals surface area (Å²) in [6.45, 7) is -0.138. The zero-order valence-electron chi connectivity index (χ0n) is 10.3. The first-order chi connectivity index (χ1) is 9.28. The summed E-state index contributed by atoms with van der Waals surface area (Å²) in [7, 11) is 0. The second-order valence-corrected chi connectivity index (χ2v) is 4.30. The van der Waals surface area contributed by atoms with Crippen LogP contribution in [0, 0.1) is 0 Å². The zero-order valence-corrected chi connectivity index (χ0v) is 10.3. The maximum atomic E-state index is 11.3. The van der Waals surface area contributed by atoms with Crippen molar-refractivity contribution in [1.29, 1.82) is 0 Å². The molecule has 2 aromatic rings. The molecule has 1 aliphatic rings. The van der Waals surface area contributed by atoms with Gasteiger partial charge in [0.15, 0.2) is 0 Å². The molecule has 2 N–H and O–H groups in total. The van der Waals surface area contributed by atoms with Crippen molar-refractivity contribution >= 4 is 5.97 Å². The van der Waals surface area contributed by atoms with Crippen LogP contribution in [0.3, 0.4) is 0 Å². The van der Waals surface area contributed by atoms with Crippen molar-refractivity contribution in [3.8, 4) is 17.2 Å². The van der Waals surface area contributed by atoms with E-state index in [1.54, 1.807) is 12.1 Å². The van der Waals surface area contributed by atoms with E-state index >= 15 is 0 Å². The van der Waals surface area contributed by atoms with Gasteiger partial charge in [-0.15, -0.1) is 0 Å². The highest BCUT2D eigenvalue weighted by Crippen LogP contribution is 2.40. The number of hydrogen-bond acceptors (Lipinski definition) is 4. The molecule has 2 aromatic carbocycles. The molecule has 0 bridgehead atoms. The number of carbonyl (C=O) groups is 1. The van der Waals surface area contributed by atoms with E-state index in [1.807, 2.05) is 30.3 Å². The first-order valence-electron chi connectivity index (χ1n) is 6.06. The van der Waals surface area contributed by atoms with E-state index in [1.165, 1.54) is 0 Å². The number of esters is 1. The van der Waals surface area contributed by atoms with E-state index in [0.29, 0.717) is 12.2 Å². The Kier molecular flexibility index (Phi) is 2.93. The summed E-state index contributed by atoms with van der Waals surface area (Å²) in [5, 5.41) is 0. The molecule has 3 rings (SSSR count). The molecule has 0 atom stereocenters. The van der Waals surface area contributed by atoms with E-state index in [-0.39, 0.29) is 6.54 Å². The van der Waals surface area contributed by atoms with Gasteiger partial charge in [-0.3, -0.25) is 4.79 Å². The van der Waals surface area contributed by atoms with Gasteiger partial charge in [0.05, 0.1) is 6.54 Å². The highest BCUT2D eigenvalue weighted by Gasteiger charge is 2.20. The van der Waals surface area contributed by atoms with Crippen LogP contribution in [-0.4, -0.2) is 12.5 Å². The number of fused-ring (bicyclic) bond motifs is 2. The van der Waals surface area contributed by atoms with E-state index in [9.17, 15) is 4.79 Å². The summed E-state index contributed by atoms with van der Waals surface area (Å²) in [5.41, 5.74) is 7.22. The van der Waals surface area contributed by atoms with Crippen LogP contribution < -0.4 is 15.2 Å². The number of ether oxygens (including phenoxy) is 2. The minimum atomic E-state index is -0.452. The molecule has 0 spiro atoms. The molecule has 96 valence electrons. The number of hydrogen-bond donors (Lipinski definition) is 1. The third-order valence-electron chi connectivity index (χ3n) is 3.04. The Labute approximate surface area is 110 Å². The van der Waals surface area contributed by atoms with E-state index in [0.717, 1.165) is 22.6 Å². The third kappa shape index (κ3) is 2.18. The minimum absolute atomic E-state index is 0.138. The Morgan fingerprint density at radius 2 is 1.95 bits per heavy atom. The number of rotatable bonds is 2. The largest absolute Gasteiger partial charge is 0.457 e. The van der Waals surface area contributed by atoms with Gasteiger partial charge in [-0.05, 0) is 23.8 Å². The topological polar surface area (TPSA) is 61.6 Å². The lowest BCUT2D eigenvalue weighted by Crippen LogP contribution is -2.20. The van der Waals surface area contributed by atoms with Gasteiger partial charge in [-0.2, -0.15) is 0 Å². The number of carbonyl (C=O) groups excluding carboxylic acids is 1. The fourth-order valence-electron chi connectivity index (χ4n) is 2.13. The van der Waals surface area contributed by atoms with Crippen molar-refractivity contribution in [1.82, 2.24) is 0 Å². The molecule has 0 saturated heterocycles. The first-order valence-corrected chi connectivity index (χ1v) is 6.06. The molecule has 4 heteroatoms. The fraction of sp³-hybridized carbons (Fsp3) is 0.133. The lowest BCUT2D eigenvalue weighted by Gasteiger charge is -2.21. The minimum Gasteiger partial charge on any atom is -0.457 e. The Bertz CT molecular complexity index is 637. The van der Waals surface area contributed by atoms with Gasteiger partial charge in [-0.25, -0.2) is 0 Å². The molecule has 0 saturated carbocycles. The molecular weight excluding hydrogens is 242 g/mol. The summed E-state index contributed by atoms with van der Waals surface area (Å²) in [5.74, 6) is 1.63. The maximum Gasteiger partial charge on any atom is 0.325 e. The van der Waals surface area contributed by atoms with E-state index in [4.69, 9.17) is 15.2 Å². The van der Waals surface area contributed by atoms with Crippen LogP contribution in [0.15, 0.2) is 42.5 Å². The third-order valence-corrected chi connectivity index (χ3v) is 3.04. The van der Waals surface area contributed by atoms with Crippen LogP contribution in [0.25, 0.3) is 0 Å². The fourth-order valence-corrected chi connectivity index (χ4v) is 2.13. The van der Waals surface area contributed by atoms with Gasteiger partial charge in [0.1, 0.15) is 17.2 Å². The van der Waals surface area contributed by atoms with Crippen molar-refractivity contribution in [3.63, 3.8) is 0 Å². The van der Waals surface area contributed by atoms with Crippen molar-refractivity contribution in [2.75, 3.05) is 6.54 Å². The summed E-state index contributed by atoms with van der Waals surface area (Å²) < 4.78 is 11.0. The van der Waals surface area contributed by atoms with Gasteiger partial charge in [-0.1, -0.05) is 24.3 Å². The molecule has 1 aliphatic heterocycles. The first kappa shape index (κ1) is 11.7. The van der Waals surface area contributed by atoms with Crippen LogP contribution >= 0.6 is 0 Å². The smallest absolute Gasteiger partial charge is 0.325 e. The molecule has 0 unspecified atom stereocenters. The van der Waals surface area contributed by atoms with Gasteiger partial charge in [0, 0.05) is 12.0 Å². The highest BCUT2D eigenvalue weighted by molar-refractivity contribution is 5.75. The van der Waals surface area contributed by atoms with Gasteiger partial charge >= 0.3 is 5.97 Å². The van der Waals surface area contributed by atoms with Crippen molar-refractivity contribution in [2.45, 2.75) is 6.42 Å². The molecule has 0 amide bonds. The predicted octanol–water partition coefficient (Wildman–Crippen LogP) is 2.25. The van der Waals surface area contributed by atoms with Crippen LogP contribution in [0.5, 0.6) is 17.2 Å². The Morgan fingerprint density at radius 3 is 2.79 bits per heavy atom. The molecule has 19 heavy (non-hydrogen) atoms. The van der Waals surface area contributed by atoms with Crippen molar-refractivity contribution in [3.05, 3.63) is 53.6 Å². The Morgan fingerprint density at radius 1 is 1.16 bits per heavy atom. The quantitative estimate of drug-likeness (QED) is 0.563. The van der Waals surface area contributed by atoms with Crippen LogP contribution in [-0.2, 0) is 11.2 Å².